The summed E-state index contributed by atoms with van der Waals surface area (Å²) in [5, 5.41) is 8.11. The van der Waals surface area contributed by atoms with Crippen molar-refractivity contribution in [2.45, 2.75) is 51.6 Å². The smallest absolute Gasteiger partial charge is 0.00819 e. The monoisotopic (exact) mass is 223 g/mol. The molecule has 1 heterocycles. The molecule has 2 rings (SSSR count). The Kier molecular flexibility index (Phi) is 3.81. The third-order valence-corrected chi connectivity index (χ3v) is 3.81. The second kappa shape index (κ2) is 5.13. The molecule has 1 aliphatic rings. The van der Waals surface area contributed by atoms with E-state index in [0.717, 1.165) is 5.92 Å². The molecule has 0 aliphatic heterocycles. The molecule has 0 bridgehead atoms. The average molecular weight is 223 g/mol. The van der Waals surface area contributed by atoms with Crippen molar-refractivity contribution in [2.24, 2.45) is 5.92 Å². The van der Waals surface area contributed by atoms with Gasteiger partial charge in [-0.15, -0.1) is 0 Å². The van der Waals surface area contributed by atoms with Crippen LogP contribution in [0.3, 0.4) is 0 Å². The van der Waals surface area contributed by atoms with Gasteiger partial charge in [0.05, 0.1) is 0 Å². The van der Waals surface area contributed by atoms with Gasteiger partial charge in [-0.3, -0.25) is 0 Å². The van der Waals surface area contributed by atoms with Gasteiger partial charge in [-0.25, -0.2) is 0 Å². The number of rotatable bonds is 6. The van der Waals surface area contributed by atoms with Gasteiger partial charge in [-0.2, -0.15) is 11.3 Å². The summed E-state index contributed by atoms with van der Waals surface area (Å²) < 4.78 is 0. The first kappa shape index (κ1) is 11.2. The van der Waals surface area contributed by atoms with E-state index in [-0.39, 0.29) is 0 Å². The number of nitrogens with one attached hydrogen (secondary N) is 1. The van der Waals surface area contributed by atoms with Crippen molar-refractivity contribution in [1.29, 1.82) is 0 Å². The lowest BCUT2D eigenvalue weighted by molar-refractivity contribution is 0.428. The molecule has 1 aliphatic carbocycles. The summed E-state index contributed by atoms with van der Waals surface area (Å²) in [6.07, 6.45) is 5.46. The van der Waals surface area contributed by atoms with Gasteiger partial charge in [-0.1, -0.05) is 12.8 Å². The lowest BCUT2D eigenvalue weighted by Crippen LogP contribution is -2.36. The van der Waals surface area contributed by atoms with Crippen LogP contribution in [-0.2, 0) is 6.42 Å². The molecule has 2 unspecified atom stereocenters. The maximum absolute atomic E-state index is 3.69. The van der Waals surface area contributed by atoms with Gasteiger partial charge in [0.15, 0.2) is 0 Å². The van der Waals surface area contributed by atoms with Gasteiger partial charge in [0.25, 0.3) is 0 Å². The van der Waals surface area contributed by atoms with Crippen LogP contribution in [0.5, 0.6) is 0 Å². The summed E-state index contributed by atoms with van der Waals surface area (Å²) in [7, 11) is 0. The van der Waals surface area contributed by atoms with Crippen LogP contribution in [-0.4, -0.2) is 12.1 Å². The van der Waals surface area contributed by atoms with E-state index in [1.165, 1.54) is 31.2 Å². The third-order valence-electron chi connectivity index (χ3n) is 3.07. The summed E-state index contributed by atoms with van der Waals surface area (Å²) in [5.41, 5.74) is 1.47. The van der Waals surface area contributed by atoms with Gasteiger partial charge in [0.1, 0.15) is 0 Å². The largest absolute Gasteiger partial charge is 0.311 e. The molecule has 1 fully saturated rings. The van der Waals surface area contributed by atoms with E-state index in [9.17, 15) is 0 Å². The van der Waals surface area contributed by atoms with E-state index in [1.807, 2.05) is 0 Å². The second-order valence-corrected chi connectivity index (χ2v) is 5.76. The Morgan fingerprint density at radius 1 is 1.40 bits per heavy atom. The maximum Gasteiger partial charge on any atom is 0.00819 e. The molecular weight excluding hydrogens is 202 g/mol. The van der Waals surface area contributed by atoms with Crippen molar-refractivity contribution >= 4 is 11.3 Å². The van der Waals surface area contributed by atoms with E-state index >= 15 is 0 Å². The zero-order valence-corrected chi connectivity index (χ0v) is 10.5. The lowest BCUT2D eigenvalue weighted by atomic mass is 10.1. The molecule has 0 aromatic carbocycles. The molecule has 0 spiro atoms. The van der Waals surface area contributed by atoms with Crippen LogP contribution in [0.2, 0.25) is 0 Å². The molecule has 2 atom stereocenters. The minimum absolute atomic E-state index is 0.605. The highest BCUT2D eigenvalue weighted by Gasteiger charge is 2.23. The van der Waals surface area contributed by atoms with Crippen LogP contribution in [0.25, 0.3) is 0 Å². The van der Waals surface area contributed by atoms with E-state index in [1.54, 1.807) is 11.3 Å². The standard InChI is InChI=1S/C13H21NS/c1-10(7-12-3-4-12)14-11(2)8-13-5-6-15-9-13/h5-6,9-12,14H,3-4,7-8H2,1-2H3. The van der Waals surface area contributed by atoms with Crippen LogP contribution >= 0.6 is 11.3 Å². The summed E-state index contributed by atoms with van der Waals surface area (Å²) in [5.74, 6) is 1.03. The highest BCUT2D eigenvalue weighted by molar-refractivity contribution is 7.07. The van der Waals surface area contributed by atoms with Crippen molar-refractivity contribution in [2.75, 3.05) is 0 Å². The summed E-state index contributed by atoms with van der Waals surface area (Å²) in [6, 6.07) is 3.52. The van der Waals surface area contributed by atoms with E-state index in [4.69, 9.17) is 0 Å². The minimum atomic E-state index is 0.605. The van der Waals surface area contributed by atoms with Gasteiger partial charge in [-0.05, 0) is 55.0 Å². The van der Waals surface area contributed by atoms with Crippen LogP contribution < -0.4 is 5.32 Å². The molecule has 0 amide bonds. The zero-order chi connectivity index (χ0) is 10.7. The SMILES string of the molecule is CC(Cc1ccsc1)NC(C)CC1CC1. The van der Waals surface area contributed by atoms with Crippen molar-refractivity contribution in [3.05, 3.63) is 22.4 Å². The van der Waals surface area contributed by atoms with E-state index < -0.39 is 0 Å². The molecule has 1 aromatic heterocycles. The normalized spacial score (nSPS) is 20.1. The first-order valence-corrected chi connectivity index (χ1v) is 6.95. The lowest BCUT2D eigenvalue weighted by Gasteiger charge is -2.19. The van der Waals surface area contributed by atoms with Crippen molar-refractivity contribution in [3.8, 4) is 0 Å². The van der Waals surface area contributed by atoms with Gasteiger partial charge < -0.3 is 5.32 Å². The maximum atomic E-state index is 3.69. The van der Waals surface area contributed by atoms with Crippen LogP contribution in [0.1, 0.15) is 38.7 Å². The highest BCUT2D eigenvalue weighted by atomic mass is 32.1. The fourth-order valence-corrected chi connectivity index (χ4v) is 2.91. The summed E-state index contributed by atoms with van der Waals surface area (Å²) in [4.78, 5) is 0. The molecule has 1 saturated carbocycles. The molecule has 1 nitrogen and oxygen atoms in total. The molecule has 1 N–H and O–H groups in total. The summed E-state index contributed by atoms with van der Waals surface area (Å²) in [6.45, 7) is 4.61. The van der Waals surface area contributed by atoms with E-state index in [2.05, 4.69) is 36.0 Å². The molecule has 15 heavy (non-hydrogen) atoms. The Labute approximate surface area is 96.9 Å². The molecule has 0 radical (unpaired) electrons. The highest BCUT2D eigenvalue weighted by Crippen LogP contribution is 2.33. The Balaban J connectivity index is 1.68. The molecule has 2 heteroatoms. The summed E-state index contributed by atoms with van der Waals surface area (Å²) >= 11 is 1.79. The Morgan fingerprint density at radius 2 is 2.20 bits per heavy atom. The Bertz CT molecular complexity index is 277. The van der Waals surface area contributed by atoms with Crippen molar-refractivity contribution in [1.82, 2.24) is 5.32 Å². The van der Waals surface area contributed by atoms with Crippen molar-refractivity contribution in [3.63, 3.8) is 0 Å². The van der Waals surface area contributed by atoms with Gasteiger partial charge in [0.2, 0.25) is 0 Å². The predicted molar refractivity (Wildman–Crippen MR) is 67.4 cm³/mol. The Morgan fingerprint density at radius 3 is 2.80 bits per heavy atom. The van der Waals surface area contributed by atoms with Gasteiger partial charge in [0, 0.05) is 12.1 Å². The minimum Gasteiger partial charge on any atom is -0.311 e. The first-order valence-electron chi connectivity index (χ1n) is 6.01. The predicted octanol–water partition coefficient (Wildman–Crippen LogP) is 3.46. The van der Waals surface area contributed by atoms with Gasteiger partial charge >= 0.3 is 0 Å². The fraction of sp³-hybridized carbons (Fsp3) is 0.692. The number of hydrogen-bond donors (Lipinski definition) is 1. The second-order valence-electron chi connectivity index (χ2n) is 4.98. The number of hydrogen-bond acceptors (Lipinski definition) is 2. The van der Waals surface area contributed by atoms with Crippen LogP contribution in [0.15, 0.2) is 16.8 Å². The zero-order valence-electron chi connectivity index (χ0n) is 9.70. The molecular formula is C13H21NS. The van der Waals surface area contributed by atoms with E-state index in [0.29, 0.717) is 12.1 Å². The molecule has 1 aromatic rings. The quantitative estimate of drug-likeness (QED) is 0.779. The fourth-order valence-electron chi connectivity index (χ4n) is 2.23. The Hall–Kier alpha value is -0.340. The average Bonchev–Trinajstić information content (AvgIpc) is 2.80. The first-order chi connectivity index (χ1) is 7.24. The van der Waals surface area contributed by atoms with Crippen LogP contribution in [0, 0.1) is 5.92 Å². The third kappa shape index (κ3) is 3.96. The van der Waals surface area contributed by atoms with Crippen LogP contribution in [0.4, 0.5) is 0 Å². The molecule has 84 valence electrons. The van der Waals surface area contributed by atoms with Crippen molar-refractivity contribution < 1.29 is 0 Å². The number of thiophene rings is 1. The molecule has 0 saturated heterocycles. The topological polar surface area (TPSA) is 12.0 Å².